The smallest absolute Gasteiger partial charge is 0.328 e. The molecule has 0 saturated carbocycles. The summed E-state index contributed by atoms with van der Waals surface area (Å²) >= 11 is 1.53. The minimum Gasteiger partial charge on any atom is -0.478 e. The first kappa shape index (κ1) is 21.6. The van der Waals surface area contributed by atoms with E-state index in [2.05, 4.69) is 10.6 Å². The summed E-state index contributed by atoms with van der Waals surface area (Å²) in [5, 5.41) is 21.8. The zero-order valence-electron chi connectivity index (χ0n) is 12.4. The maximum absolute atomic E-state index is 11.9. The molecule has 4 N–H and O–H groups in total. The van der Waals surface area contributed by atoms with Crippen LogP contribution in [0.2, 0.25) is 0 Å². The van der Waals surface area contributed by atoms with Crippen molar-refractivity contribution < 1.29 is 34.2 Å². The highest BCUT2D eigenvalue weighted by Crippen LogP contribution is 1.93. The first-order valence-corrected chi connectivity index (χ1v) is 7.62. The molecule has 0 saturated heterocycles. The van der Waals surface area contributed by atoms with Crippen LogP contribution in [0.25, 0.3) is 0 Å². The van der Waals surface area contributed by atoms with Crippen molar-refractivity contribution in [3.8, 4) is 0 Å². The lowest BCUT2D eigenvalue weighted by Gasteiger charge is -2.21. The number of amides is 3. The van der Waals surface area contributed by atoms with Crippen molar-refractivity contribution in [2.75, 3.05) is 26.2 Å². The largest absolute Gasteiger partial charge is 0.478 e. The number of carboxylic acid groups (broad SMARTS) is 2. The highest BCUT2D eigenvalue weighted by Gasteiger charge is 2.11. The fourth-order valence-electron chi connectivity index (χ4n) is 1.39. The number of rotatable bonds is 10. The van der Waals surface area contributed by atoms with E-state index in [1.165, 1.54) is 27.5 Å². The van der Waals surface area contributed by atoms with Crippen LogP contribution in [0.5, 0.6) is 0 Å². The Hall–Kier alpha value is -2.44. The molecule has 0 aromatic carbocycles. The Morgan fingerprint density at radius 1 is 0.833 bits per heavy atom. The Labute approximate surface area is 150 Å². The molecule has 0 unspecified atom stereocenters. The maximum Gasteiger partial charge on any atom is 0.328 e. The van der Waals surface area contributed by atoms with Gasteiger partial charge in [-0.2, -0.15) is 0 Å². The summed E-state index contributed by atoms with van der Waals surface area (Å²) in [6.45, 7) is 0.333. The van der Waals surface area contributed by atoms with E-state index in [9.17, 15) is 24.0 Å². The molecule has 0 aliphatic rings. The molecule has 0 radical (unpaired) electrons. The second-order valence-electron chi connectivity index (χ2n) is 4.16. The van der Waals surface area contributed by atoms with Gasteiger partial charge in [0.15, 0.2) is 0 Å². The second kappa shape index (κ2) is 12.0. The summed E-state index contributed by atoms with van der Waals surface area (Å²) in [6.07, 6.45) is 3.04. The minimum atomic E-state index is -1.28. The molecule has 0 fully saturated rings. The van der Waals surface area contributed by atoms with Crippen LogP contribution in [-0.4, -0.2) is 69.0 Å². The maximum atomic E-state index is 11.9. The van der Waals surface area contributed by atoms with E-state index in [1.807, 2.05) is 0 Å². The zero-order valence-corrected chi connectivity index (χ0v) is 14.6. The minimum absolute atomic E-state index is 0.0215. The molecule has 0 aromatic rings. The van der Waals surface area contributed by atoms with E-state index >= 15 is 0 Å². The van der Waals surface area contributed by atoms with Crippen LogP contribution in [0.1, 0.15) is 0 Å². The highest BCUT2D eigenvalue weighted by atomic mass is 127. The molecule has 0 aliphatic heterocycles. The van der Waals surface area contributed by atoms with Crippen LogP contribution in [0.15, 0.2) is 24.3 Å². The molecule has 0 rings (SSSR count). The van der Waals surface area contributed by atoms with Crippen LogP contribution in [0.3, 0.4) is 0 Å². The van der Waals surface area contributed by atoms with Crippen molar-refractivity contribution in [3.63, 3.8) is 0 Å². The molecule has 24 heavy (non-hydrogen) atoms. The summed E-state index contributed by atoms with van der Waals surface area (Å²) in [6, 6.07) is 0. The van der Waals surface area contributed by atoms with Crippen LogP contribution < -0.4 is 10.6 Å². The number of nitrogens with one attached hydrogen (secondary N) is 2. The van der Waals surface area contributed by atoms with Gasteiger partial charge in [-0.25, -0.2) is 9.59 Å². The van der Waals surface area contributed by atoms with Crippen molar-refractivity contribution in [1.29, 1.82) is 0 Å². The van der Waals surface area contributed by atoms with Gasteiger partial charge in [-0.15, -0.1) is 0 Å². The normalized spacial score (nSPS) is 10.5. The van der Waals surface area contributed by atoms with Crippen molar-refractivity contribution in [2.24, 2.45) is 0 Å². The quantitative estimate of drug-likeness (QED) is 0.149. The molecule has 0 spiro atoms. The van der Waals surface area contributed by atoms with Gasteiger partial charge >= 0.3 is 11.9 Å². The predicted molar refractivity (Wildman–Crippen MR) is 90.6 cm³/mol. The van der Waals surface area contributed by atoms with Crippen LogP contribution in [0.4, 0.5) is 4.79 Å². The Morgan fingerprint density at radius 2 is 1.33 bits per heavy atom. The lowest BCUT2D eigenvalue weighted by atomic mass is 10.3. The molecule has 0 heterocycles. The van der Waals surface area contributed by atoms with Gasteiger partial charge in [0.1, 0.15) is 0 Å². The monoisotopic (exact) mass is 453 g/mol. The Morgan fingerprint density at radius 3 is 1.83 bits per heavy atom. The SMILES string of the molecule is O=C(O)/C=C\C(=O)NCCN(CCNC(=O)I)C(=O)/C=C\C(=O)O. The van der Waals surface area contributed by atoms with Gasteiger partial charge in [0.05, 0.1) is 0 Å². The molecule has 0 atom stereocenters. The summed E-state index contributed by atoms with van der Waals surface area (Å²) in [5.41, 5.74) is 0. The van der Waals surface area contributed by atoms with Crippen molar-refractivity contribution in [3.05, 3.63) is 24.3 Å². The summed E-state index contributed by atoms with van der Waals surface area (Å²) < 4.78 is -0.312. The van der Waals surface area contributed by atoms with Gasteiger partial charge in [-0.3, -0.25) is 14.4 Å². The fraction of sp³-hybridized carbons (Fsp3) is 0.308. The van der Waals surface area contributed by atoms with Gasteiger partial charge in [0.2, 0.25) is 11.8 Å². The second-order valence-corrected chi connectivity index (χ2v) is 5.14. The van der Waals surface area contributed by atoms with Gasteiger partial charge < -0.3 is 25.7 Å². The number of carboxylic acids is 2. The standard InChI is InChI=1S/C13H16IN3O7/c14-13(24)16-6-8-17(10(19)2-4-12(22)23)7-5-15-9(18)1-3-11(20)21/h1-4H,5-8H2,(H,15,18)(H,16,24)(H,20,21)(H,22,23)/b3-1-,4-2-. The van der Waals surface area contributed by atoms with Crippen molar-refractivity contribution >= 4 is 50.3 Å². The fourth-order valence-corrected chi connectivity index (χ4v) is 1.66. The zero-order chi connectivity index (χ0) is 18.5. The number of hydrogen-bond donors (Lipinski definition) is 4. The number of carbonyl (C=O) groups excluding carboxylic acids is 3. The van der Waals surface area contributed by atoms with E-state index in [0.29, 0.717) is 12.2 Å². The molecular weight excluding hydrogens is 437 g/mol. The third-order valence-electron chi connectivity index (χ3n) is 2.38. The van der Waals surface area contributed by atoms with E-state index in [-0.39, 0.29) is 30.1 Å². The lowest BCUT2D eigenvalue weighted by Crippen LogP contribution is -2.41. The molecule has 3 amide bonds. The van der Waals surface area contributed by atoms with Crippen LogP contribution >= 0.6 is 22.6 Å². The number of halogens is 1. The Kier molecular flexibility index (Phi) is 10.8. The number of carbonyl (C=O) groups is 5. The van der Waals surface area contributed by atoms with Gasteiger partial charge in [0.25, 0.3) is 3.91 Å². The van der Waals surface area contributed by atoms with Crippen molar-refractivity contribution in [2.45, 2.75) is 0 Å². The number of hydrogen-bond acceptors (Lipinski definition) is 5. The molecule has 0 aromatic heterocycles. The topological polar surface area (TPSA) is 153 Å². The third-order valence-corrected chi connectivity index (χ3v) is 2.77. The molecular formula is C13H16IN3O7. The van der Waals surface area contributed by atoms with Gasteiger partial charge in [-0.05, 0) is 0 Å². The van der Waals surface area contributed by atoms with Crippen molar-refractivity contribution in [1.82, 2.24) is 15.5 Å². The first-order chi connectivity index (χ1) is 11.2. The van der Waals surface area contributed by atoms with E-state index in [1.54, 1.807) is 0 Å². The van der Waals surface area contributed by atoms with E-state index < -0.39 is 23.8 Å². The summed E-state index contributed by atoms with van der Waals surface area (Å²) in [5.74, 6) is -3.80. The van der Waals surface area contributed by atoms with E-state index in [0.717, 1.165) is 12.2 Å². The highest BCUT2D eigenvalue weighted by molar-refractivity contribution is 14.1. The summed E-state index contributed by atoms with van der Waals surface area (Å²) in [4.78, 5) is 55.9. The Bertz CT molecular complexity index is 560. The average Bonchev–Trinajstić information content (AvgIpc) is 2.48. The number of nitrogens with zero attached hydrogens (tertiary/aromatic N) is 1. The van der Waals surface area contributed by atoms with E-state index in [4.69, 9.17) is 10.2 Å². The molecule has 0 bridgehead atoms. The van der Waals surface area contributed by atoms with Crippen LogP contribution in [-0.2, 0) is 19.2 Å². The molecule has 0 aliphatic carbocycles. The molecule has 11 heteroatoms. The number of aliphatic carboxylic acids is 2. The predicted octanol–water partition coefficient (Wildman–Crippen LogP) is -0.643. The third kappa shape index (κ3) is 12.1. The lowest BCUT2D eigenvalue weighted by molar-refractivity contribution is -0.132. The average molecular weight is 453 g/mol. The van der Waals surface area contributed by atoms with Crippen LogP contribution in [0, 0.1) is 0 Å². The Balaban J connectivity index is 4.55. The van der Waals surface area contributed by atoms with Gasteiger partial charge in [0, 0.05) is 73.1 Å². The first-order valence-electron chi connectivity index (χ1n) is 6.54. The molecule has 132 valence electrons. The molecule has 10 nitrogen and oxygen atoms in total. The van der Waals surface area contributed by atoms with Gasteiger partial charge in [-0.1, -0.05) is 0 Å². The summed E-state index contributed by atoms with van der Waals surface area (Å²) in [7, 11) is 0.